The van der Waals surface area contributed by atoms with Gasteiger partial charge in [-0.1, -0.05) is 13.1 Å². The molecule has 0 bridgehead atoms. The molecule has 2 heterocycles. The van der Waals surface area contributed by atoms with E-state index in [0.29, 0.717) is 18.5 Å². The van der Waals surface area contributed by atoms with Gasteiger partial charge in [0.2, 0.25) is 0 Å². The predicted molar refractivity (Wildman–Crippen MR) is 94.7 cm³/mol. The van der Waals surface area contributed by atoms with Crippen LogP contribution in [-0.4, -0.2) is 42.7 Å². The summed E-state index contributed by atoms with van der Waals surface area (Å²) in [7, 11) is -1.12. The number of nitrogens with one attached hydrogen (secondary N) is 1. The third-order valence-corrected chi connectivity index (χ3v) is 6.39. The molecule has 1 saturated heterocycles. The molecule has 0 unspecified atom stereocenters. The minimum Gasteiger partial charge on any atom is -0.370 e. The first-order valence-electron chi connectivity index (χ1n) is 8.19. The average molecular weight is 355 g/mol. The van der Waals surface area contributed by atoms with Gasteiger partial charge in [0.25, 0.3) is 5.56 Å². The van der Waals surface area contributed by atoms with Crippen molar-refractivity contribution in [1.82, 2.24) is 9.55 Å². The Kier molecular flexibility index (Phi) is 5.24. The highest BCUT2D eigenvalue weighted by Crippen LogP contribution is 2.39. The smallest absolute Gasteiger partial charge is 0.330 e. The van der Waals surface area contributed by atoms with Crippen LogP contribution in [0, 0.1) is 6.92 Å². The quantitative estimate of drug-likeness (QED) is 0.776. The van der Waals surface area contributed by atoms with Gasteiger partial charge in [0.15, 0.2) is 0 Å². The number of aromatic amines is 1. The molecule has 135 valence electrons. The predicted octanol–water partition coefficient (Wildman–Crippen LogP) is 0.723. The molecule has 24 heavy (non-hydrogen) atoms. The van der Waals surface area contributed by atoms with Crippen molar-refractivity contribution in [2.45, 2.75) is 70.4 Å². The third-order valence-electron chi connectivity index (χ3n) is 4.27. The molecular formula is C16H28N3O4Si. The summed E-state index contributed by atoms with van der Waals surface area (Å²) in [5.74, 6) is 0. The van der Waals surface area contributed by atoms with Crippen LogP contribution < -0.4 is 17.0 Å². The Labute approximate surface area is 143 Å². The fourth-order valence-electron chi connectivity index (χ4n) is 3.10. The lowest BCUT2D eigenvalue weighted by Crippen LogP contribution is -2.52. The van der Waals surface area contributed by atoms with Crippen molar-refractivity contribution in [2.24, 2.45) is 5.73 Å². The molecule has 3 N–H and O–H groups in total. The minimum atomic E-state index is -1.12. The zero-order chi connectivity index (χ0) is 18.3. The molecule has 1 fully saturated rings. The number of aryl methyl sites for hydroxylation is 1. The highest BCUT2D eigenvalue weighted by atomic mass is 28.3. The highest BCUT2D eigenvalue weighted by molar-refractivity contribution is 6.58. The number of ether oxygens (including phenoxy) is 2. The Morgan fingerprint density at radius 2 is 2.08 bits per heavy atom. The van der Waals surface area contributed by atoms with Crippen molar-refractivity contribution < 1.29 is 9.47 Å². The molecule has 0 spiro atoms. The van der Waals surface area contributed by atoms with E-state index in [-0.39, 0.29) is 23.4 Å². The van der Waals surface area contributed by atoms with E-state index in [9.17, 15) is 9.59 Å². The van der Waals surface area contributed by atoms with Gasteiger partial charge in [0.05, 0.1) is 17.8 Å². The lowest BCUT2D eigenvalue weighted by molar-refractivity contribution is -0.0959. The molecule has 1 aliphatic heterocycles. The Morgan fingerprint density at radius 1 is 1.46 bits per heavy atom. The van der Waals surface area contributed by atoms with Crippen LogP contribution in [0.5, 0.6) is 0 Å². The normalized spacial score (nSPS) is 27.8. The van der Waals surface area contributed by atoms with E-state index in [0.717, 1.165) is 0 Å². The third kappa shape index (κ3) is 3.56. The number of nitrogens with two attached hydrogens (primary N) is 1. The standard InChI is InChI=1S/C16H28N3O4Si/c1-10-9-19(14(21)18-13(10)20)16(24(5)6)7-11(12(8-17)23-16)22-15(2,3)4/h9,11-12H,7-8,17H2,1-6H3,(H,18,20,21)/t11-,12+,16-/m0/s1. The van der Waals surface area contributed by atoms with Crippen molar-refractivity contribution in [3.63, 3.8) is 0 Å². The molecule has 0 amide bonds. The second-order valence-corrected chi connectivity index (χ2v) is 10.4. The molecular weight excluding hydrogens is 326 g/mol. The van der Waals surface area contributed by atoms with Gasteiger partial charge in [-0.05, 0) is 27.7 Å². The van der Waals surface area contributed by atoms with E-state index < -0.39 is 19.8 Å². The van der Waals surface area contributed by atoms with Gasteiger partial charge >= 0.3 is 5.69 Å². The van der Waals surface area contributed by atoms with Crippen LogP contribution in [0.2, 0.25) is 13.1 Å². The summed E-state index contributed by atoms with van der Waals surface area (Å²) >= 11 is 0. The zero-order valence-electron chi connectivity index (χ0n) is 15.3. The Hall–Kier alpha value is -1.22. The molecule has 1 aliphatic rings. The number of rotatable bonds is 4. The molecule has 0 aromatic carbocycles. The molecule has 1 aromatic heterocycles. The second kappa shape index (κ2) is 6.59. The van der Waals surface area contributed by atoms with Gasteiger partial charge in [-0.3, -0.25) is 14.3 Å². The van der Waals surface area contributed by atoms with Crippen molar-refractivity contribution in [3.8, 4) is 0 Å². The first kappa shape index (κ1) is 19.1. The van der Waals surface area contributed by atoms with E-state index in [1.54, 1.807) is 13.1 Å². The fourth-order valence-corrected chi connectivity index (χ4v) is 4.75. The molecule has 1 radical (unpaired) electrons. The minimum absolute atomic E-state index is 0.200. The van der Waals surface area contributed by atoms with E-state index in [1.807, 2.05) is 20.8 Å². The topological polar surface area (TPSA) is 99.3 Å². The van der Waals surface area contributed by atoms with Crippen LogP contribution >= 0.6 is 0 Å². The van der Waals surface area contributed by atoms with Crippen LogP contribution in [0.3, 0.4) is 0 Å². The lowest BCUT2D eigenvalue weighted by atomic mass is 10.1. The first-order chi connectivity index (χ1) is 11.0. The maximum atomic E-state index is 12.4. The second-order valence-electron chi connectivity index (χ2n) is 7.59. The van der Waals surface area contributed by atoms with Crippen molar-refractivity contribution in [3.05, 3.63) is 32.6 Å². The largest absolute Gasteiger partial charge is 0.370 e. The maximum Gasteiger partial charge on any atom is 0.330 e. The number of aromatic nitrogens is 2. The van der Waals surface area contributed by atoms with Gasteiger partial charge in [-0.2, -0.15) is 0 Å². The van der Waals surface area contributed by atoms with Crippen LogP contribution in [0.15, 0.2) is 15.8 Å². The van der Waals surface area contributed by atoms with Crippen molar-refractivity contribution >= 4 is 8.80 Å². The first-order valence-corrected chi connectivity index (χ1v) is 10.7. The summed E-state index contributed by atoms with van der Waals surface area (Å²) in [4.78, 5) is 26.5. The Morgan fingerprint density at radius 3 is 2.58 bits per heavy atom. The monoisotopic (exact) mass is 354 g/mol. The highest BCUT2D eigenvalue weighted by Gasteiger charge is 2.51. The summed E-state index contributed by atoms with van der Waals surface area (Å²) in [6.45, 7) is 12.1. The SMILES string of the molecule is Cc1cn([C@@]2([Si](C)C)C[C@H](OC(C)(C)C)[C@@H](CN)O2)c(=O)[nH]c1=O. The fraction of sp³-hybridized carbons (Fsp3) is 0.750. The maximum absolute atomic E-state index is 12.4. The molecule has 0 saturated carbocycles. The zero-order valence-corrected chi connectivity index (χ0v) is 16.3. The lowest BCUT2D eigenvalue weighted by Gasteiger charge is -2.34. The van der Waals surface area contributed by atoms with Crippen LogP contribution in [-0.2, 0) is 14.8 Å². The molecule has 7 nitrogen and oxygen atoms in total. The summed E-state index contributed by atoms with van der Waals surface area (Å²) in [5, 5.41) is -0.795. The van der Waals surface area contributed by atoms with Crippen LogP contribution in [0.25, 0.3) is 0 Å². The molecule has 8 heteroatoms. The molecule has 0 aliphatic carbocycles. The van der Waals surface area contributed by atoms with Gasteiger partial charge in [-0.25, -0.2) is 4.79 Å². The van der Waals surface area contributed by atoms with E-state index in [4.69, 9.17) is 15.2 Å². The van der Waals surface area contributed by atoms with E-state index >= 15 is 0 Å². The summed E-state index contributed by atoms with van der Waals surface area (Å²) in [6.07, 6.45) is 1.64. The van der Waals surface area contributed by atoms with Gasteiger partial charge in [0, 0.05) is 24.7 Å². The summed E-state index contributed by atoms with van der Waals surface area (Å²) in [5.41, 5.74) is 5.21. The van der Waals surface area contributed by atoms with Gasteiger partial charge in [0.1, 0.15) is 14.1 Å². The summed E-state index contributed by atoms with van der Waals surface area (Å²) in [6, 6.07) is 0. The van der Waals surface area contributed by atoms with Crippen molar-refractivity contribution in [2.75, 3.05) is 6.54 Å². The van der Waals surface area contributed by atoms with E-state index in [2.05, 4.69) is 18.1 Å². The number of hydrogen-bond acceptors (Lipinski definition) is 5. The van der Waals surface area contributed by atoms with Crippen LogP contribution in [0.4, 0.5) is 0 Å². The van der Waals surface area contributed by atoms with Crippen LogP contribution in [0.1, 0.15) is 32.8 Å². The molecule has 2 rings (SSSR count). The van der Waals surface area contributed by atoms with Crippen molar-refractivity contribution in [1.29, 1.82) is 0 Å². The number of nitrogens with zero attached hydrogens (tertiary/aromatic N) is 1. The van der Waals surface area contributed by atoms with E-state index in [1.165, 1.54) is 4.57 Å². The van der Waals surface area contributed by atoms with Gasteiger partial charge in [-0.15, -0.1) is 0 Å². The Balaban J connectivity index is 2.52. The van der Waals surface area contributed by atoms with Gasteiger partial charge < -0.3 is 15.2 Å². The summed E-state index contributed by atoms with van der Waals surface area (Å²) < 4.78 is 14.0. The Bertz CT molecular complexity index is 706. The number of H-pyrrole nitrogens is 1. The average Bonchev–Trinajstić information content (AvgIpc) is 2.80. The number of hydrogen-bond donors (Lipinski definition) is 2. The molecule has 1 aromatic rings. The molecule has 3 atom stereocenters.